The maximum absolute atomic E-state index is 12.8. The van der Waals surface area contributed by atoms with Crippen LogP contribution >= 0.6 is 0 Å². The number of nitrogens with zero attached hydrogens (tertiary/aromatic N) is 1. The lowest BCUT2D eigenvalue weighted by Gasteiger charge is -1.99. The zero-order valence-corrected chi connectivity index (χ0v) is 7.95. The first-order valence-electron chi connectivity index (χ1n) is 4.09. The van der Waals surface area contributed by atoms with E-state index in [0.717, 1.165) is 5.56 Å². The molecule has 0 bridgehead atoms. The molecule has 14 heavy (non-hydrogen) atoms. The van der Waals surface area contributed by atoms with E-state index in [-0.39, 0.29) is 5.70 Å². The minimum Gasteiger partial charge on any atom is -0.259 e. The van der Waals surface area contributed by atoms with E-state index in [1.165, 1.54) is 25.1 Å². The molecule has 74 valence electrons. The molecule has 0 amide bonds. The number of hydrogen-bond acceptors (Lipinski definition) is 2. The molecule has 0 saturated heterocycles. The molecule has 0 atom stereocenters. The third-order valence-corrected chi connectivity index (χ3v) is 1.89. The third kappa shape index (κ3) is 2.39. The largest absolute Gasteiger partial charge is 0.259 e. The molecule has 0 radical (unpaired) electrons. The Labute approximate surface area is 81.0 Å². The third-order valence-electron chi connectivity index (χ3n) is 1.89. The first-order valence-corrected chi connectivity index (χ1v) is 4.09. The highest BCUT2D eigenvalue weighted by Crippen LogP contribution is 2.14. The Morgan fingerprint density at radius 3 is 2.79 bits per heavy atom. The maximum atomic E-state index is 12.8. The molecular formula is C10H10FNO2. The van der Waals surface area contributed by atoms with Crippen LogP contribution in [0, 0.1) is 22.9 Å². The highest BCUT2D eigenvalue weighted by molar-refractivity contribution is 5.54. The zero-order chi connectivity index (χ0) is 10.7. The van der Waals surface area contributed by atoms with Crippen LogP contribution < -0.4 is 0 Å². The number of allylic oxidation sites excluding steroid dienone is 1. The van der Waals surface area contributed by atoms with Crippen molar-refractivity contribution in [3.05, 3.63) is 51.0 Å². The molecule has 0 aliphatic carbocycles. The maximum Gasteiger partial charge on any atom is 0.243 e. The monoisotopic (exact) mass is 195 g/mol. The summed E-state index contributed by atoms with van der Waals surface area (Å²) in [5.41, 5.74) is 1.35. The second-order valence-corrected chi connectivity index (χ2v) is 3.04. The molecule has 0 fully saturated rings. The highest BCUT2D eigenvalue weighted by atomic mass is 19.1. The number of aryl methyl sites for hydroxylation is 1. The van der Waals surface area contributed by atoms with Crippen LogP contribution in [-0.4, -0.2) is 4.92 Å². The van der Waals surface area contributed by atoms with Crippen LogP contribution in [0.4, 0.5) is 4.39 Å². The average Bonchev–Trinajstić information content (AvgIpc) is 2.11. The van der Waals surface area contributed by atoms with Gasteiger partial charge in [0.15, 0.2) is 0 Å². The summed E-state index contributed by atoms with van der Waals surface area (Å²) in [4.78, 5) is 9.85. The predicted octanol–water partition coefficient (Wildman–Crippen LogP) is 2.77. The summed E-state index contributed by atoms with van der Waals surface area (Å²) in [5, 5.41) is 10.3. The van der Waals surface area contributed by atoms with Crippen LogP contribution in [0.5, 0.6) is 0 Å². The second-order valence-electron chi connectivity index (χ2n) is 3.04. The van der Waals surface area contributed by atoms with Crippen molar-refractivity contribution in [2.45, 2.75) is 13.8 Å². The number of benzene rings is 1. The zero-order valence-electron chi connectivity index (χ0n) is 7.95. The van der Waals surface area contributed by atoms with E-state index in [1.807, 2.05) is 0 Å². The number of rotatable bonds is 2. The van der Waals surface area contributed by atoms with E-state index in [0.29, 0.717) is 5.56 Å². The Morgan fingerprint density at radius 2 is 2.21 bits per heavy atom. The fourth-order valence-electron chi connectivity index (χ4n) is 1.04. The van der Waals surface area contributed by atoms with Crippen molar-refractivity contribution in [3.63, 3.8) is 0 Å². The first kappa shape index (κ1) is 10.4. The van der Waals surface area contributed by atoms with Crippen molar-refractivity contribution in [1.82, 2.24) is 0 Å². The summed E-state index contributed by atoms with van der Waals surface area (Å²) in [5.74, 6) is -0.391. The molecule has 1 aromatic rings. The van der Waals surface area contributed by atoms with Gasteiger partial charge in [-0.2, -0.15) is 0 Å². The Bertz CT molecular complexity index is 399. The van der Waals surface area contributed by atoms with Gasteiger partial charge in [-0.1, -0.05) is 6.07 Å². The molecule has 3 nitrogen and oxygen atoms in total. The van der Waals surface area contributed by atoms with Crippen molar-refractivity contribution >= 4 is 6.08 Å². The first-order chi connectivity index (χ1) is 6.50. The average molecular weight is 195 g/mol. The molecule has 0 aliphatic heterocycles. The molecule has 0 aliphatic rings. The van der Waals surface area contributed by atoms with E-state index >= 15 is 0 Å². The van der Waals surface area contributed by atoms with Crippen LogP contribution in [0.15, 0.2) is 23.9 Å². The summed E-state index contributed by atoms with van der Waals surface area (Å²) in [7, 11) is 0. The Hall–Kier alpha value is -1.71. The summed E-state index contributed by atoms with van der Waals surface area (Å²) in [6, 6.07) is 4.20. The normalized spacial score (nSPS) is 11.5. The van der Waals surface area contributed by atoms with Crippen LogP contribution in [-0.2, 0) is 0 Å². The Balaban J connectivity index is 3.13. The van der Waals surface area contributed by atoms with Crippen LogP contribution in [0.2, 0.25) is 0 Å². The number of halogens is 1. The summed E-state index contributed by atoms with van der Waals surface area (Å²) >= 11 is 0. The quantitative estimate of drug-likeness (QED) is 0.538. The minimum atomic E-state index is -0.496. The molecule has 0 spiro atoms. The van der Waals surface area contributed by atoms with Gasteiger partial charge in [-0.05, 0) is 30.2 Å². The molecule has 0 aromatic heterocycles. The molecule has 4 heteroatoms. The van der Waals surface area contributed by atoms with E-state index in [4.69, 9.17) is 0 Å². The topological polar surface area (TPSA) is 43.1 Å². The molecule has 0 unspecified atom stereocenters. The fraction of sp³-hybridized carbons (Fsp3) is 0.200. The van der Waals surface area contributed by atoms with Gasteiger partial charge in [-0.25, -0.2) is 4.39 Å². The predicted molar refractivity (Wildman–Crippen MR) is 51.8 cm³/mol. The van der Waals surface area contributed by atoms with E-state index in [2.05, 4.69) is 0 Å². The molecule has 1 aromatic carbocycles. The fourth-order valence-corrected chi connectivity index (χ4v) is 1.04. The van der Waals surface area contributed by atoms with Crippen LogP contribution in [0.1, 0.15) is 18.1 Å². The standard InChI is InChI=1S/C10H10FNO2/c1-7-3-4-10(11)6-9(7)5-8(2)12(13)14/h3-6H,1-2H3/b8-5+. The van der Waals surface area contributed by atoms with Crippen molar-refractivity contribution in [2.24, 2.45) is 0 Å². The van der Waals surface area contributed by atoms with Gasteiger partial charge in [-0.15, -0.1) is 0 Å². The smallest absolute Gasteiger partial charge is 0.243 e. The van der Waals surface area contributed by atoms with Gasteiger partial charge in [-0.3, -0.25) is 10.1 Å². The van der Waals surface area contributed by atoms with Gasteiger partial charge in [0.25, 0.3) is 0 Å². The highest BCUT2D eigenvalue weighted by Gasteiger charge is 2.04. The molecule has 1 rings (SSSR count). The van der Waals surface area contributed by atoms with Crippen molar-refractivity contribution in [1.29, 1.82) is 0 Å². The summed E-state index contributed by atoms with van der Waals surface area (Å²) in [6.07, 6.45) is 1.36. The van der Waals surface area contributed by atoms with Gasteiger partial charge in [0.1, 0.15) is 5.82 Å². The Morgan fingerprint density at radius 1 is 1.57 bits per heavy atom. The van der Waals surface area contributed by atoms with Gasteiger partial charge < -0.3 is 0 Å². The van der Waals surface area contributed by atoms with Gasteiger partial charge >= 0.3 is 0 Å². The SMILES string of the molecule is C/C(=C\c1cc(F)ccc1C)[N+](=O)[O-]. The lowest BCUT2D eigenvalue weighted by molar-refractivity contribution is -0.422. The lowest BCUT2D eigenvalue weighted by Crippen LogP contribution is -1.94. The molecule has 0 saturated carbocycles. The van der Waals surface area contributed by atoms with Crippen molar-refractivity contribution in [3.8, 4) is 0 Å². The van der Waals surface area contributed by atoms with E-state index < -0.39 is 10.7 Å². The van der Waals surface area contributed by atoms with Crippen LogP contribution in [0.25, 0.3) is 6.08 Å². The van der Waals surface area contributed by atoms with Crippen molar-refractivity contribution < 1.29 is 9.31 Å². The lowest BCUT2D eigenvalue weighted by atomic mass is 10.1. The molecular weight excluding hydrogens is 185 g/mol. The van der Waals surface area contributed by atoms with E-state index in [1.54, 1.807) is 13.0 Å². The van der Waals surface area contributed by atoms with E-state index in [9.17, 15) is 14.5 Å². The van der Waals surface area contributed by atoms with Gasteiger partial charge in [0, 0.05) is 13.0 Å². The summed E-state index contributed by atoms with van der Waals surface area (Å²) in [6.45, 7) is 3.16. The number of hydrogen-bond donors (Lipinski definition) is 0. The second kappa shape index (κ2) is 4.00. The van der Waals surface area contributed by atoms with Crippen LogP contribution in [0.3, 0.4) is 0 Å². The van der Waals surface area contributed by atoms with Gasteiger partial charge in [0.05, 0.1) is 4.92 Å². The molecule has 0 N–H and O–H groups in total. The summed E-state index contributed by atoms with van der Waals surface area (Å²) < 4.78 is 12.8. The molecule has 0 heterocycles. The Kier molecular flexibility index (Phi) is 2.96. The minimum absolute atomic E-state index is 0.00120. The van der Waals surface area contributed by atoms with Crippen molar-refractivity contribution in [2.75, 3.05) is 0 Å². The number of nitro groups is 1. The van der Waals surface area contributed by atoms with Gasteiger partial charge in [0.2, 0.25) is 5.70 Å².